The fourth-order valence-corrected chi connectivity index (χ4v) is 3.43. The Labute approximate surface area is 169 Å². The number of carbonyl (C=O) groups excluding carboxylic acids is 1. The molecule has 0 saturated carbocycles. The molecule has 5 nitrogen and oxygen atoms in total. The van der Waals surface area contributed by atoms with Gasteiger partial charge in [0.15, 0.2) is 0 Å². The Balaban J connectivity index is 1.65. The molecule has 0 aliphatic carbocycles. The molecule has 0 radical (unpaired) electrons. The second kappa shape index (κ2) is 8.00. The van der Waals surface area contributed by atoms with E-state index in [2.05, 4.69) is 24.0 Å². The van der Waals surface area contributed by atoms with E-state index in [4.69, 9.17) is 16.6 Å². The molecule has 2 aromatic carbocycles. The van der Waals surface area contributed by atoms with E-state index < -0.39 is 0 Å². The summed E-state index contributed by atoms with van der Waals surface area (Å²) in [5.41, 5.74) is 10.0. The first-order chi connectivity index (χ1) is 13.6. The molecule has 28 heavy (non-hydrogen) atoms. The summed E-state index contributed by atoms with van der Waals surface area (Å²) < 4.78 is 0. The van der Waals surface area contributed by atoms with Crippen LogP contribution in [0.4, 0.5) is 0 Å². The minimum absolute atomic E-state index is 0.180. The van der Waals surface area contributed by atoms with Gasteiger partial charge in [0.1, 0.15) is 0 Å². The van der Waals surface area contributed by atoms with E-state index in [1.807, 2.05) is 54.6 Å². The van der Waals surface area contributed by atoms with Gasteiger partial charge in [0.2, 0.25) is 0 Å². The molecule has 1 unspecified atom stereocenters. The zero-order valence-electron chi connectivity index (χ0n) is 15.6. The van der Waals surface area contributed by atoms with Crippen LogP contribution in [0.1, 0.15) is 16.8 Å². The lowest BCUT2D eigenvalue weighted by molar-refractivity contribution is -0.875. The fraction of sp³-hybridized carbons (Fsp3) is 0.182. The van der Waals surface area contributed by atoms with Gasteiger partial charge in [0, 0.05) is 28.1 Å². The molecular weight excluding hydrogens is 372 g/mol. The number of hydrogen-bond donors (Lipinski definition) is 3. The van der Waals surface area contributed by atoms with Gasteiger partial charge < -0.3 is 10.3 Å². The van der Waals surface area contributed by atoms with Crippen molar-refractivity contribution in [1.82, 2.24) is 15.8 Å². The van der Waals surface area contributed by atoms with E-state index >= 15 is 0 Å². The Morgan fingerprint density at radius 1 is 1.14 bits per heavy atom. The number of rotatable bonds is 4. The van der Waals surface area contributed by atoms with E-state index in [1.165, 1.54) is 4.90 Å². The lowest BCUT2D eigenvalue weighted by atomic mass is 10.0. The molecule has 4 rings (SSSR count). The number of quaternary nitrogens is 1. The molecule has 142 valence electrons. The van der Waals surface area contributed by atoms with Crippen LogP contribution in [0, 0.1) is 0 Å². The van der Waals surface area contributed by atoms with Gasteiger partial charge in [-0.05, 0) is 30.3 Å². The van der Waals surface area contributed by atoms with Crippen molar-refractivity contribution in [2.45, 2.75) is 6.42 Å². The van der Waals surface area contributed by atoms with Crippen LogP contribution in [-0.4, -0.2) is 31.0 Å². The average molecular weight is 394 g/mol. The Morgan fingerprint density at radius 2 is 1.93 bits per heavy atom. The molecule has 0 bridgehead atoms. The van der Waals surface area contributed by atoms with Gasteiger partial charge in [-0.3, -0.25) is 10.2 Å². The number of likely N-dealkylation sites (N-methyl/N-ethyl adjacent to an activating group) is 1. The van der Waals surface area contributed by atoms with Crippen LogP contribution >= 0.6 is 11.6 Å². The maximum absolute atomic E-state index is 12.9. The molecule has 3 N–H and O–H groups in total. The van der Waals surface area contributed by atoms with Crippen molar-refractivity contribution in [1.29, 1.82) is 0 Å². The number of benzene rings is 2. The number of para-hydroxylation sites is 1. The molecule has 1 atom stereocenters. The Hall–Kier alpha value is -2.89. The number of nitrogens with one attached hydrogen (secondary N) is 3. The highest BCUT2D eigenvalue weighted by Gasteiger charge is 2.15. The normalized spacial score (nSPS) is 16.5. The molecule has 1 aromatic heterocycles. The summed E-state index contributed by atoms with van der Waals surface area (Å²) in [4.78, 5) is 19.1. The topological polar surface area (TPSA) is 58.5 Å². The average Bonchev–Trinajstić information content (AvgIpc) is 2.73. The Kier molecular flexibility index (Phi) is 5.28. The number of hydrazine groups is 1. The quantitative estimate of drug-likeness (QED) is 0.597. The van der Waals surface area contributed by atoms with Crippen LogP contribution in [0.25, 0.3) is 22.2 Å². The van der Waals surface area contributed by atoms with E-state index in [0.717, 1.165) is 47.4 Å². The maximum atomic E-state index is 12.9. The molecule has 6 heteroatoms. The third kappa shape index (κ3) is 4.01. The van der Waals surface area contributed by atoms with Gasteiger partial charge in [-0.2, -0.15) is 0 Å². The summed E-state index contributed by atoms with van der Waals surface area (Å²) in [5, 5.41) is 1.49. The van der Waals surface area contributed by atoms with Crippen LogP contribution in [0.3, 0.4) is 0 Å². The maximum Gasteiger partial charge on any atom is 0.270 e. The Morgan fingerprint density at radius 3 is 2.68 bits per heavy atom. The fourth-order valence-electron chi connectivity index (χ4n) is 3.30. The SMILES string of the molecule is C[NH+]1CC=C(NNC(=O)c2cc(-c3ccc(Cl)cc3)nc3ccccc23)CC1. The van der Waals surface area contributed by atoms with Crippen LogP contribution in [0.5, 0.6) is 0 Å². The second-order valence-electron chi connectivity index (χ2n) is 7.05. The molecule has 0 fully saturated rings. The third-order valence-corrected chi connectivity index (χ3v) is 5.21. The lowest BCUT2D eigenvalue weighted by Gasteiger charge is -2.20. The van der Waals surface area contributed by atoms with E-state index in [-0.39, 0.29) is 5.91 Å². The first-order valence-corrected chi connectivity index (χ1v) is 9.70. The summed E-state index contributed by atoms with van der Waals surface area (Å²) in [6.07, 6.45) is 3.04. The monoisotopic (exact) mass is 393 g/mol. The number of pyridine rings is 1. The Bertz CT molecular complexity index is 1050. The number of halogens is 1. The highest BCUT2D eigenvalue weighted by molar-refractivity contribution is 6.30. The highest BCUT2D eigenvalue weighted by atomic mass is 35.5. The first kappa shape index (κ1) is 18.5. The molecule has 1 amide bonds. The molecule has 3 aromatic rings. The van der Waals surface area contributed by atoms with Gasteiger partial charge in [-0.1, -0.05) is 41.9 Å². The minimum Gasteiger partial charge on any atom is -0.334 e. The van der Waals surface area contributed by atoms with Crippen LogP contribution in [0.15, 0.2) is 66.4 Å². The van der Waals surface area contributed by atoms with Crippen LogP contribution in [0.2, 0.25) is 5.02 Å². The van der Waals surface area contributed by atoms with Gasteiger partial charge in [-0.25, -0.2) is 4.98 Å². The van der Waals surface area contributed by atoms with Crippen molar-refractivity contribution in [3.63, 3.8) is 0 Å². The summed E-state index contributed by atoms with van der Waals surface area (Å²) in [6, 6.07) is 17.0. The molecule has 0 spiro atoms. The molecule has 1 aliphatic rings. The standard InChI is InChI=1S/C22H21ClN4O/c1-27-12-10-17(11-13-27)25-26-22(28)19-14-21(15-6-8-16(23)9-7-15)24-20-5-3-2-4-18(19)20/h2-10,14,25H,11-13H2,1H3,(H,26,28)/p+1. The number of hydrogen-bond acceptors (Lipinski definition) is 3. The second-order valence-corrected chi connectivity index (χ2v) is 7.49. The molecule has 0 saturated heterocycles. The molecular formula is C22H22ClN4O+. The zero-order valence-corrected chi connectivity index (χ0v) is 16.4. The van der Waals surface area contributed by atoms with Gasteiger partial charge in [-0.15, -0.1) is 0 Å². The largest absolute Gasteiger partial charge is 0.334 e. The smallest absolute Gasteiger partial charge is 0.270 e. The predicted octanol–water partition coefficient (Wildman–Crippen LogP) is 2.59. The summed E-state index contributed by atoms with van der Waals surface area (Å²) in [6.45, 7) is 2.00. The van der Waals surface area contributed by atoms with E-state index in [0.29, 0.717) is 10.6 Å². The lowest BCUT2D eigenvalue weighted by Crippen LogP contribution is -3.09. The zero-order chi connectivity index (χ0) is 19.5. The highest BCUT2D eigenvalue weighted by Crippen LogP contribution is 2.25. The van der Waals surface area contributed by atoms with Crippen molar-refractivity contribution >= 4 is 28.4 Å². The molecule has 1 aliphatic heterocycles. The predicted molar refractivity (Wildman–Crippen MR) is 112 cm³/mol. The first-order valence-electron chi connectivity index (χ1n) is 9.32. The van der Waals surface area contributed by atoms with Crippen molar-refractivity contribution in [3.8, 4) is 11.3 Å². The van der Waals surface area contributed by atoms with Crippen molar-refractivity contribution in [3.05, 3.63) is 77.0 Å². The number of carbonyl (C=O) groups is 1. The number of nitrogens with zero attached hydrogens (tertiary/aromatic N) is 1. The molecule has 2 heterocycles. The summed E-state index contributed by atoms with van der Waals surface area (Å²) in [5.74, 6) is -0.180. The summed E-state index contributed by atoms with van der Waals surface area (Å²) in [7, 11) is 2.16. The van der Waals surface area contributed by atoms with Crippen LogP contribution < -0.4 is 15.8 Å². The third-order valence-electron chi connectivity index (χ3n) is 4.96. The number of fused-ring (bicyclic) bond motifs is 1. The van der Waals surface area contributed by atoms with Gasteiger partial charge in [0.05, 0.1) is 36.9 Å². The summed E-state index contributed by atoms with van der Waals surface area (Å²) >= 11 is 6.00. The van der Waals surface area contributed by atoms with Crippen molar-refractivity contribution < 1.29 is 9.69 Å². The van der Waals surface area contributed by atoms with Gasteiger partial charge >= 0.3 is 0 Å². The van der Waals surface area contributed by atoms with Crippen molar-refractivity contribution in [2.75, 3.05) is 20.1 Å². The van der Waals surface area contributed by atoms with Crippen molar-refractivity contribution in [2.24, 2.45) is 0 Å². The van der Waals surface area contributed by atoms with Gasteiger partial charge in [0.25, 0.3) is 5.91 Å². The van der Waals surface area contributed by atoms with E-state index in [1.54, 1.807) is 0 Å². The van der Waals surface area contributed by atoms with E-state index in [9.17, 15) is 4.79 Å². The number of aromatic nitrogens is 1. The minimum atomic E-state index is -0.180. The van der Waals surface area contributed by atoms with Crippen LogP contribution in [-0.2, 0) is 0 Å². The number of amides is 1.